The van der Waals surface area contributed by atoms with Crippen LogP contribution in [0.2, 0.25) is 0 Å². The number of ketones is 1. The summed E-state index contributed by atoms with van der Waals surface area (Å²) in [4.78, 5) is 11.8. The molecule has 1 aliphatic rings. The Hall–Kier alpha value is -1.51. The number of carbonyl (C=O) groups excluding carboxylic acids is 1. The highest BCUT2D eigenvalue weighted by atomic mass is 16.3. The monoisotopic (exact) mass is 206 g/mol. The van der Waals surface area contributed by atoms with Crippen molar-refractivity contribution in [2.45, 2.75) is 26.7 Å². The molecular weight excluding hydrogens is 192 g/mol. The molecule has 2 rings (SSSR count). The maximum absolute atomic E-state index is 11.8. The average molecular weight is 206 g/mol. The Balaban J connectivity index is 2.60. The summed E-state index contributed by atoms with van der Waals surface area (Å²) in [7, 11) is 0. The zero-order chi connectivity index (χ0) is 11.2. The van der Waals surface area contributed by atoms with Gasteiger partial charge in [-0.1, -0.05) is 13.8 Å². The van der Waals surface area contributed by atoms with Gasteiger partial charge < -0.3 is 10.2 Å². The van der Waals surface area contributed by atoms with Gasteiger partial charge in [-0.25, -0.2) is 0 Å². The summed E-state index contributed by atoms with van der Waals surface area (Å²) in [6, 6.07) is 2.78. The molecule has 0 bridgehead atoms. The standard InChI is InChI=1S/C12H14O3/c1-12(2)5-7-3-8(13)4-9(14)11(7)10(15)6-12/h3-4,13-14H,5-6H2,1-2H3. The molecule has 1 aromatic carbocycles. The fourth-order valence-corrected chi connectivity index (χ4v) is 2.23. The fourth-order valence-electron chi connectivity index (χ4n) is 2.23. The Kier molecular flexibility index (Phi) is 2.00. The predicted molar refractivity (Wildman–Crippen MR) is 56.2 cm³/mol. The van der Waals surface area contributed by atoms with Gasteiger partial charge in [0.25, 0.3) is 0 Å². The lowest BCUT2D eigenvalue weighted by atomic mass is 9.73. The third-order valence-corrected chi connectivity index (χ3v) is 2.77. The molecule has 15 heavy (non-hydrogen) atoms. The molecule has 3 nitrogen and oxygen atoms in total. The van der Waals surface area contributed by atoms with E-state index in [9.17, 15) is 15.0 Å². The number of hydrogen-bond acceptors (Lipinski definition) is 3. The smallest absolute Gasteiger partial charge is 0.167 e. The first-order valence-corrected chi connectivity index (χ1v) is 4.97. The van der Waals surface area contributed by atoms with Crippen molar-refractivity contribution in [1.82, 2.24) is 0 Å². The molecule has 0 aliphatic heterocycles. The summed E-state index contributed by atoms with van der Waals surface area (Å²) in [5, 5.41) is 19.0. The highest BCUT2D eigenvalue weighted by molar-refractivity contribution is 6.01. The van der Waals surface area contributed by atoms with Crippen LogP contribution in [0.15, 0.2) is 12.1 Å². The van der Waals surface area contributed by atoms with Gasteiger partial charge >= 0.3 is 0 Å². The second-order valence-corrected chi connectivity index (χ2v) is 4.94. The number of Topliss-reactive ketones (excluding diaryl/α,β-unsaturated/α-hetero) is 1. The van der Waals surface area contributed by atoms with Crippen molar-refractivity contribution in [2.75, 3.05) is 0 Å². The van der Waals surface area contributed by atoms with Gasteiger partial charge in [0.05, 0.1) is 5.56 Å². The van der Waals surface area contributed by atoms with Crippen LogP contribution in [0.1, 0.15) is 36.2 Å². The minimum absolute atomic E-state index is 0.0109. The van der Waals surface area contributed by atoms with Gasteiger partial charge in [0.15, 0.2) is 5.78 Å². The summed E-state index contributed by atoms with van der Waals surface area (Å²) in [6.45, 7) is 4.02. The van der Waals surface area contributed by atoms with E-state index in [1.807, 2.05) is 13.8 Å². The summed E-state index contributed by atoms with van der Waals surface area (Å²) in [5.74, 6) is -0.138. The van der Waals surface area contributed by atoms with Crippen molar-refractivity contribution in [3.63, 3.8) is 0 Å². The van der Waals surface area contributed by atoms with Crippen LogP contribution in [0.25, 0.3) is 0 Å². The fraction of sp³-hybridized carbons (Fsp3) is 0.417. The number of phenols is 2. The van der Waals surface area contributed by atoms with Gasteiger partial charge in [-0.3, -0.25) is 4.79 Å². The Bertz CT molecular complexity index is 433. The molecule has 0 spiro atoms. The largest absolute Gasteiger partial charge is 0.508 e. The quantitative estimate of drug-likeness (QED) is 0.684. The molecule has 80 valence electrons. The summed E-state index contributed by atoms with van der Waals surface area (Å²) in [5.41, 5.74) is 1.03. The normalized spacial score (nSPS) is 18.7. The van der Waals surface area contributed by atoms with Crippen LogP contribution in [-0.4, -0.2) is 16.0 Å². The number of aromatic hydroxyl groups is 2. The van der Waals surface area contributed by atoms with Gasteiger partial charge in [0, 0.05) is 12.5 Å². The number of rotatable bonds is 0. The molecule has 0 saturated carbocycles. The Labute approximate surface area is 88.4 Å². The minimum atomic E-state index is -0.106. The van der Waals surface area contributed by atoms with Crippen molar-refractivity contribution in [2.24, 2.45) is 5.41 Å². The van der Waals surface area contributed by atoms with Gasteiger partial charge in [-0.05, 0) is 23.5 Å². The molecule has 2 N–H and O–H groups in total. The molecule has 0 aromatic heterocycles. The first kappa shape index (κ1) is 10.0. The Morgan fingerprint density at radius 2 is 1.87 bits per heavy atom. The number of fused-ring (bicyclic) bond motifs is 1. The first-order valence-electron chi connectivity index (χ1n) is 4.97. The highest BCUT2D eigenvalue weighted by Gasteiger charge is 2.32. The van der Waals surface area contributed by atoms with E-state index in [2.05, 4.69) is 0 Å². The number of carbonyl (C=O) groups is 1. The van der Waals surface area contributed by atoms with E-state index in [0.717, 1.165) is 5.56 Å². The maximum Gasteiger partial charge on any atom is 0.167 e. The molecule has 0 radical (unpaired) electrons. The Morgan fingerprint density at radius 3 is 2.53 bits per heavy atom. The van der Waals surface area contributed by atoms with E-state index in [0.29, 0.717) is 18.4 Å². The molecule has 0 fully saturated rings. The summed E-state index contributed by atoms with van der Waals surface area (Å²) < 4.78 is 0. The number of benzene rings is 1. The van der Waals surface area contributed by atoms with E-state index < -0.39 is 0 Å². The van der Waals surface area contributed by atoms with Crippen LogP contribution in [0, 0.1) is 5.41 Å². The SMILES string of the molecule is CC1(C)CC(=O)c2c(O)cc(O)cc2C1. The van der Waals surface area contributed by atoms with Crippen LogP contribution in [0.5, 0.6) is 11.5 Å². The van der Waals surface area contributed by atoms with Crippen molar-refractivity contribution < 1.29 is 15.0 Å². The Morgan fingerprint density at radius 1 is 1.20 bits per heavy atom. The molecule has 1 aliphatic carbocycles. The van der Waals surface area contributed by atoms with Crippen molar-refractivity contribution >= 4 is 5.78 Å². The number of hydrogen-bond donors (Lipinski definition) is 2. The molecule has 0 saturated heterocycles. The van der Waals surface area contributed by atoms with Gasteiger partial charge in [0.1, 0.15) is 11.5 Å². The van der Waals surface area contributed by atoms with Crippen LogP contribution in [0.3, 0.4) is 0 Å². The van der Waals surface area contributed by atoms with E-state index in [4.69, 9.17) is 0 Å². The molecule has 0 heterocycles. The van der Waals surface area contributed by atoms with E-state index in [1.165, 1.54) is 6.07 Å². The zero-order valence-electron chi connectivity index (χ0n) is 8.87. The molecule has 1 aromatic rings. The lowest BCUT2D eigenvalue weighted by Gasteiger charge is -2.30. The molecular formula is C12H14O3. The van der Waals surface area contributed by atoms with E-state index in [1.54, 1.807) is 6.07 Å². The lowest BCUT2D eigenvalue weighted by molar-refractivity contribution is 0.0909. The minimum Gasteiger partial charge on any atom is -0.508 e. The van der Waals surface area contributed by atoms with E-state index in [-0.39, 0.29) is 22.7 Å². The molecule has 3 heteroatoms. The van der Waals surface area contributed by atoms with Crippen molar-refractivity contribution in [1.29, 1.82) is 0 Å². The second-order valence-electron chi connectivity index (χ2n) is 4.94. The lowest BCUT2D eigenvalue weighted by Crippen LogP contribution is -2.26. The topological polar surface area (TPSA) is 57.5 Å². The summed E-state index contributed by atoms with van der Waals surface area (Å²) in [6.07, 6.45) is 1.15. The van der Waals surface area contributed by atoms with Crippen molar-refractivity contribution in [3.05, 3.63) is 23.3 Å². The van der Waals surface area contributed by atoms with Gasteiger partial charge in [0.2, 0.25) is 0 Å². The van der Waals surface area contributed by atoms with Crippen LogP contribution in [-0.2, 0) is 6.42 Å². The third-order valence-electron chi connectivity index (χ3n) is 2.77. The highest BCUT2D eigenvalue weighted by Crippen LogP contribution is 2.39. The summed E-state index contributed by atoms with van der Waals surface area (Å²) >= 11 is 0. The first-order chi connectivity index (χ1) is 6.89. The second kappa shape index (κ2) is 2.99. The van der Waals surface area contributed by atoms with Crippen molar-refractivity contribution in [3.8, 4) is 11.5 Å². The molecule has 0 unspecified atom stereocenters. The van der Waals surface area contributed by atoms with Gasteiger partial charge in [-0.2, -0.15) is 0 Å². The predicted octanol–water partition coefficient (Wildman–Crippen LogP) is 2.25. The third kappa shape index (κ3) is 1.69. The van der Waals surface area contributed by atoms with Crippen LogP contribution in [0.4, 0.5) is 0 Å². The van der Waals surface area contributed by atoms with Crippen LogP contribution >= 0.6 is 0 Å². The molecule has 0 atom stereocenters. The average Bonchev–Trinajstić information content (AvgIpc) is 1.97. The van der Waals surface area contributed by atoms with Crippen LogP contribution < -0.4 is 0 Å². The molecule has 0 amide bonds. The van der Waals surface area contributed by atoms with Gasteiger partial charge in [-0.15, -0.1) is 0 Å². The number of phenolic OH excluding ortho intramolecular Hbond substituents is 2. The maximum atomic E-state index is 11.8. The van der Waals surface area contributed by atoms with E-state index >= 15 is 0 Å². The zero-order valence-corrected chi connectivity index (χ0v) is 8.87.